The number of aryl methyl sites for hydroxylation is 1. The third-order valence-corrected chi connectivity index (χ3v) is 8.18. The fourth-order valence-electron chi connectivity index (χ4n) is 5.84. The maximum Gasteiger partial charge on any atom is 0.306 e. The molecule has 0 spiro atoms. The number of aliphatic carboxylic acids is 1. The second-order valence-electron chi connectivity index (χ2n) is 11.0. The summed E-state index contributed by atoms with van der Waals surface area (Å²) in [5.41, 5.74) is 3.69. The van der Waals surface area contributed by atoms with Crippen molar-refractivity contribution >= 4 is 5.97 Å². The Bertz CT molecular complexity index is 870. The van der Waals surface area contributed by atoms with E-state index in [-0.39, 0.29) is 5.92 Å². The minimum atomic E-state index is -0.619. The first-order chi connectivity index (χ1) is 17.6. The highest BCUT2D eigenvalue weighted by Gasteiger charge is 2.31. The van der Waals surface area contributed by atoms with Crippen LogP contribution in [0, 0.1) is 11.8 Å². The number of nitrogens with zero attached hydrogens (tertiary/aromatic N) is 2. The summed E-state index contributed by atoms with van der Waals surface area (Å²) in [5.74, 6) is 1.14. The van der Waals surface area contributed by atoms with Crippen LogP contribution in [0.15, 0.2) is 36.7 Å². The molecule has 1 aliphatic rings. The lowest BCUT2D eigenvalue weighted by Gasteiger charge is -2.33. The van der Waals surface area contributed by atoms with Crippen LogP contribution in [-0.2, 0) is 11.2 Å². The lowest BCUT2D eigenvalue weighted by atomic mass is 9.72. The molecule has 1 aromatic carbocycles. The van der Waals surface area contributed by atoms with Gasteiger partial charge in [-0.3, -0.25) is 4.79 Å². The van der Waals surface area contributed by atoms with E-state index < -0.39 is 5.97 Å². The molecule has 36 heavy (non-hydrogen) atoms. The molecule has 1 aromatic heterocycles. The van der Waals surface area contributed by atoms with Gasteiger partial charge in [-0.2, -0.15) is 0 Å². The van der Waals surface area contributed by atoms with Crippen molar-refractivity contribution in [2.75, 3.05) is 0 Å². The first-order valence-electron chi connectivity index (χ1n) is 14.8. The van der Waals surface area contributed by atoms with Crippen molar-refractivity contribution in [3.63, 3.8) is 0 Å². The van der Waals surface area contributed by atoms with Crippen molar-refractivity contribution in [3.8, 4) is 11.4 Å². The Kier molecular flexibility index (Phi) is 12.4. The summed E-state index contributed by atoms with van der Waals surface area (Å²) in [6, 6.07) is 8.86. The van der Waals surface area contributed by atoms with Gasteiger partial charge in [-0.25, -0.2) is 9.97 Å². The van der Waals surface area contributed by atoms with Crippen molar-refractivity contribution in [2.45, 2.75) is 122 Å². The van der Waals surface area contributed by atoms with E-state index in [2.05, 4.69) is 48.1 Å². The lowest BCUT2D eigenvalue weighted by Crippen LogP contribution is -2.25. The van der Waals surface area contributed by atoms with Gasteiger partial charge in [0.05, 0.1) is 5.92 Å². The average molecular weight is 493 g/mol. The van der Waals surface area contributed by atoms with Gasteiger partial charge in [0.25, 0.3) is 0 Å². The van der Waals surface area contributed by atoms with Gasteiger partial charge in [-0.1, -0.05) is 95.9 Å². The smallest absolute Gasteiger partial charge is 0.306 e. The van der Waals surface area contributed by atoms with Crippen LogP contribution in [-0.4, -0.2) is 21.0 Å². The van der Waals surface area contributed by atoms with Crippen molar-refractivity contribution in [2.24, 2.45) is 11.8 Å². The van der Waals surface area contributed by atoms with Crippen LogP contribution in [0.1, 0.15) is 127 Å². The molecule has 4 heteroatoms. The minimum Gasteiger partial charge on any atom is -0.481 e. The van der Waals surface area contributed by atoms with Crippen LogP contribution in [0.5, 0.6) is 0 Å². The van der Waals surface area contributed by atoms with Crippen molar-refractivity contribution in [1.29, 1.82) is 0 Å². The monoisotopic (exact) mass is 492 g/mol. The number of rotatable bonds is 16. The summed E-state index contributed by atoms with van der Waals surface area (Å²) in [6.45, 7) is 4.52. The zero-order valence-electron chi connectivity index (χ0n) is 22.8. The highest BCUT2D eigenvalue weighted by atomic mass is 16.4. The fourth-order valence-corrected chi connectivity index (χ4v) is 5.84. The molecule has 0 radical (unpaired) electrons. The van der Waals surface area contributed by atoms with Gasteiger partial charge in [0, 0.05) is 18.0 Å². The van der Waals surface area contributed by atoms with Gasteiger partial charge in [0.15, 0.2) is 5.82 Å². The topological polar surface area (TPSA) is 63.1 Å². The second kappa shape index (κ2) is 15.8. The molecule has 0 aliphatic heterocycles. The van der Waals surface area contributed by atoms with Crippen molar-refractivity contribution in [1.82, 2.24) is 9.97 Å². The second-order valence-corrected chi connectivity index (χ2v) is 11.0. The Morgan fingerprint density at radius 2 is 1.42 bits per heavy atom. The number of carboxylic acids is 1. The maximum atomic E-state index is 11.4. The first kappa shape index (κ1) is 28.3. The number of unbranched alkanes of at least 4 members (excludes halogenated alkanes) is 8. The quantitative estimate of drug-likeness (QED) is 0.237. The zero-order valence-corrected chi connectivity index (χ0v) is 22.8. The number of hydrogen-bond donors (Lipinski definition) is 1. The molecular formula is C32H48N2O2. The van der Waals surface area contributed by atoms with E-state index in [0.29, 0.717) is 11.8 Å². The minimum absolute atomic E-state index is 0.147. The van der Waals surface area contributed by atoms with Crippen LogP contribution in [0.4, 0.5) is 0 Å². The summed E-state index contributed by atoms with van der Waals surface area (Å²) in [5, 5.41) is 9.36. The van der Waals surface area contributed by atoms with E-state index in [0.717, 1.165) is 43.5 Å². The number of hydrogen-bond acceptors (Lipinski definition) is 3. The normalized spacial score (nSPS) is 18.7. The predicted octanol–water partition coefficient (Wildman–Crippen LogP) is 8.99. The Labute approximate surface area is 219 Å². The van der Waals surface area contributed by atoms with Gasteiger partial charge < -0.3 is 5.11 Å². The molecule has 3 rings (SSSR count). The molecule has 0 amide bonds. The summed E-state index contributed by atoms with van der Waals surface area (Å²) in [4.78, 5) is 20.7. The summed E-state index contributed by atoms with van der Waals surface area (Å²) >= 11 is 0. The molecule has 1 saturated carbocycles. The standard InChI is InChI=1S/C32H48N2O2/c1-3-5-7-8-9-10-11-12-13-25-23-33-31(34-24-25)28-19-15-26(16-20-28)30(14-6-4-2)27-17-21-29(22-18-27)32(35)36/h15-16,19-20,23-24,27,29-30H,3-14,17-18,21-22H2,1-2H3,(H,35,36). The van der Waals surface area contributed by atoms with E-state index in [9.17, 15) is 9.90 Å². The van der Waals surface area contributed by atoms with Crippen LogP contribution in [0.3, 0.4) is 0 Å². The van der Waals surface area contributed by atoms with E-state index in [4.69, 9.17) is 0 Å². The maximum absolute atomic E-state index is 11.4. The fraction of sp³-hybridized carbons (Fsp3) is 0.656. The SMILES string of the molecule is CCCCCCCCCCc1cnc(-c2ccc(C(CCCC)C3CCC(C(=O)O)CC3)cc2)nc1. The van der Waals surface area contributed by atoms with E-state index in [1.807, 2.05) is 12.4 Å². The highest BCUT2D eigenvalue weighted by Crippen LogP contribution is 2.41. The third-order valence-electron chi connectivity index (χ3n) is 8.18. The van der Waals surface area contributed by atoms with Gasteiger partial charge in [-0.05, 0) is 67.9 Å². The van der Waals surface area contributed by atoms with Gasteiger partial charge in [0.1, 0.15) is 0 Å². The van der Waals surface area contributed by atoms with Crippen LogP contribution in [0.2, 0.25) is 0 Å². The Balaban J connectivity index is 1.51. The highest BCUT2D eigenvalue weighted by molar-refractivity contribution is 5.70. The molecule has 1 atom stereocenters. The predicted molar refractivity (Wildman–Crippen MR) is 149 cm³/mol. The largest absolute Gasteiger partial charge is 0.481 e. The van der Waals surface area contributed by atoms with Crippen LogP contribution < -0.4 is 0 Å². The van der Waals surface area contributed by atoms with E-state index in [1.54, 1.807) is 0 Å². The van der Waals surface area contributed by atoms with E-state index in [1.165, 1.54) is 81.8 Å². The first-order valence-corrected chi connectivity index (χ1v) is 14.8. The zero-order chi connectivity index (χ0) is 25.6. The summed E-state index contributed by atoms with van der Waals surface area (Å²) < 4.78 is 0. The van der Waals surface area contributed by atoms with Crippen LogP contribution >= 0.6 is 0 Å². The number of carboxylic acid groups (broad SMARTS) is 1. The molecule has 0 bridgehead atoms. The Morgan fingerprint density at radius 3 is 2.00 bits per heavy atom. The number of aromatic nitrogens is 2. The number of carbonyl (C=O) groups is 1. The van der Waals surface area contributed by atoms with Crippen molar-refractivity contribution < 1.29 is 9.90 Å². The molecule has 1 unspecified atom stereocenters. The molecule has 1 N–H and O–H groups in total. The molecule has 1 heterocycles. The molecule has 2 aromatic rings. The summed E-state index contributed by atoms with van der Waals surface area (Å²) in [7, 11) is 0. The summed E-state index contributed by atoms with van der Waals surface area (Å²) in [6.07, 6.45) is 23.0. The number of benzene rings is 1. The molecular weight excluding hydrogens is 444 g/mol. The van der Waals surface area contributed by atoms with E-state index >= 15 is 0 Å². The Morgan fingerprint density at radius 1 is 0.833 bits per heavy atom. The average Bonchev–Trinajstić information content (AvgIpc) is 2.91. The Hall–Kier alpha value is -2.23. The molecule has 4 nitrogen and oxygen atoms in total. The van der Waals surface area contributed by atoms with Gasteiger partial charge in [-0.15, -0.1) is 0 Å². The van der Waals surface area contributed by atoms with Gasteiger partial charge in [0.2, 0.25) is 0 Å². The van der Waals surface area contributed by atoms with Crippen molar-refractivity contribution in [3.05, 3.63) is 47.8 Å². The molecule has 198 valence electrons. The molecule has 1 fully saturated rings. The lowest BCUT2D eigenvalue weighted by molar-refractivity contribution is -0.143. The van der Waals surface area contributed by atoms with Gasteiger partial charge >= 0.3 is 5.97 Å². The molecule has 1 aliphatic carbocycles. The molecule has 0 saturated heterocycles. The van der Waals surface area contributed by atoms with Crippen LogP contribution in [0.25, 0.3) is 11.4 Å². The third kappa shape index (κ3) is 9.01.